The van der Waals surface area contributed by atoms with Crippen molar-refractivity contribution in [3.63, 3.8) is 0 Å². The van der Waals surface area contributed by atoms with Crippen molar-refractivity contribution in [1.29, 1.82) is 0 Å². The van der Waals surface area contributed by atoms with Gasteiger partial charge in [-0.1, -0.05) is 42.5 Å². The standard InChI is InChI=1S/C20H14FNO5/c21-19-17(20(23)24)10-15(11-18(19)22(25)26)14-6-8-16(9-7-14)27-12-13-4-2-1-3-5-13/h1-11H,12H2,(H,23,24). The van der Waals surface area contributed by atoms with Gasteiger partial charge in [-0.05, 0) is 34.9 Å². The number of nitro groups is 1. The van der Waals surface area contributed by atoms with Crippen molar-refractivity contribution < 1.29 is 24.0 Å². The van der Waals surface area contributed by atoms with Crippen molar-refractivity contribution in [3.8, 4) is 16.9 Å². The summed E-state index contributed by atoms with van der Waals surface area (Å²) in [4.78, 5) is 21.2. The Morgan fingerprint density at radius 1 is 1.04 bits per heavy atom. The van der Waals surface area contributed by atoms with Gasteiger partial charge in [-0.15, -0.1) is 0 Å². The number of carboxylic acid groups (broad SMARTS) is 1. The van der Waals surface area contributed by atoms with Gasteiger partial charge in [-0.3, -0.25) is 10.1 Å². The fourth-order valence-electron chi connectivity index (χ4n) is 2.55. The molecule has 0 saturated heterocycles. The van der Waals surface area contributed by atoms with Gasteiger partial charge in [0.2, 0.25) is 5.82 Å². The monoisotopic (exact) mass is 367 g/mol. The molecule has 0 heterocycles. The summed E-state index contributed by atoms with van der Waals surface area (Å²) in [5, 5.41) is 20.1. The molecule has 0 saturated carbocycles. The Balaban J connectivity index is 1.86. The van der Waals surface area contributed by atoms with E-state index in [1.807, 2.05) is 30.3 Å². The molecular weight excluding hydrogens is 353 g/mol. The maximum Gasteiger partial charge on any atom is 0.338 e. The Labute approximate surface area is 153 Å². The number of hydrogen-bond acceptors (Lipinski definition) is 4. The highest BCUT2D eigenvalue weighted by atomic mass is 19.1. The summed E-state index contributed by atoms with van der Waals surface area (Å²) in [5.74, 6) is -2.35. The van der Waals surface area contributed by atoms with Crippen molar-refractivity contribution in [2.45, 2.75) is 6.61 Å². The second-order valence-electron chi connectivity index (χ2n) is 5.72. The van der Waals surface area contributed by atoms with E-state index >= 15 is 0 Å². The Bertz CT molecular complexity index is 952. The number of nitrogens with zero attached hydrogens (tertiary/aromatic N) is 1. The van der Waals surface area contributed by atoms with Gasteiger partial charge in [0, 0.05) is 6.07 Å². The van der Waals surface area contributed by atoms with Crippen LogP contribution in [-0.2, 0) is 6.61 Å². The Kier molecular flexibility index (Phi) is 5.12. The minimum absolute atomic E-state index is 0.232. The second kappa shape index (κ2) is 7.65. The maximum absolute atomic E-state index is 14.0. The topological polar surface area (TPSA) is 89.7 Å². The van der Waals surface area contributed by atoms with Crippen LogP contribution < -0.4 is 4.74 Å². The van der Waals surface area contributed by atoms with Crippen molar-refractivity contribution >= 4 is 11.7 Å². The third-order valence-electron chi connectivity index (χ3n) is 3.92. The van der Waals surface area contributed by atoms with Crippen LogP contribution in [0, 0.1) is 15.9 Å². The summed E-state index contributed by atoms with van der Waals surface area (Å²) in [6.45, 7) is 0.380. The molecular formula is C20H14FNO5. The predicted octanol–water partition coefficient (Wildman–Crippen LogP) is 4.68. The molecule has 0 aromatic heterocycles. The first kappa shape index (κ1) is 18.1. The van der Waals surface area contributed by atoms with E-state index in [9.17, 15) is 19.3 Å². The molecule has 0 amide bonds. The minimum atomic E-state index is -1.57. The summed E-state index contributed by atoms with van der Waals surface area (Å²) in [5.41, 5.74) is 0.113. The molecule has 0 atom stereocenters. The molecule has 0 aliphatic heterocycles. The van der Waals surface area contributed by atoms with E-state index < -0.39 is 28.0 Å². The number of rotatable bonds is 6. The van der Waals surface area contributed by atoms with Gasteiger partial charge in [0.1, 0.15) is 17.9 Å². The number of hydrogen-bond donors (Lipinski definition) is 1. The molecule has 3 aromatic carbocycles. The lowest BCUT2D eigenvalue weighted by Gasteiger charge is -2.09. The van der Waals surface area contributed by atoms with Gasteiger partial charge < -0.3 is 9.84 Å². The first-order valence-electron chi connectivity index (χ1n) is 7.94. The predicted molar refractivity (Wildman–Crippen MR) is 96.2 cm³/mol. The van der Waals surface area contributed by atoms with Crippen molar-refractivity contribution in [3.05, 3.63) is 93.8 Å². The lowest BCUT2D eigenvalue weighted by atomic mass is 10.0. The lowest BCUT2D eigenvalue weighted by Crippen LogP contribution is -2.04. The van der Waals surface area contributed by atoms with E-state index in [4.69, 9.17) is 9.84 Å². The van der Waals surface area contributed by atoms with Crippen molar-refractivity contribution in [2.24, 2.45) is 0 Å². The summed E-state index contributed by atoms with van der Waals surface area (Å²) >= 11 is 0. The van der Waals surface area contributed by atoms with Gasteiger partial charge in [0.15, 0.2) is 0 Å². The number of carboxylic acids is 1. The normalized spacial score (nSPS) is 10.4. The number of nitro benzene ring substituents is 1. The molecule has 27 heavy (non-hydrogen) atoms. The SMILES string of the molecule is O=C(O)c1cc(-c2ccc(OCc3ccccc3)cc2)cc([N+](=O)[O-])c1F. The molecule has 7 heteroatoms. The van der Waals surface area contributed by atoms with Crippen LogP contribution in [0.25, 0.3) is 11.1 Å². The molecule has 6 nitrogen and oxygen atoms in total. The van der Waals surface area contributed by atoms with Crippen LogP contribution >= 0.6 is 0 Å². The third kappa shape index (κ3) is 4.09. The number of ether oxygens (including phenoxy) is 1. The molecule has 0 unspecified atom stereocenters. The number of benzene rings is 3. The van der Waals surface area contributed by atoms with E-state index in [2.05, 4.69) is 0 Å². The third-order valence-corrected chi connectivity index (χ3v) is 3.92. The van der Waals surface area contributed by atoms with E-state index in [1.165, 1.54) is 0 Å². The first-order valence-corrected chi connectivity index (χ1v) is 7.94. The second-order valence-corrected chi connectivity index (χ2v) is 5.72. The van der Waals surface area contributed by atoms with Crippen molar-refractivity contribution in [2.75, 3.05) is 0 Å². The average molecular weight is 367 g/mol. The Hall–Kier alpha value is -3.74. The largest absolute Gasteiger partial charge is 0.489 e. The van der Waals surface area contributed by atoms with E-state index in [0.29, 0.717) is 17.9 Å². The summed E-state index contributed by atoms with van der Waals surface area (Å²) in [6.07, 6.45) is 0. The van der Waals surface area contributed by atoms with Crippen LogP contribution in [0.3, 0.4) is 0 Å². The Morgan fingerprint density at radius 2 is 1.70 bits per heavy atom. The molecule has 136 valence electrons. The number of carbonyl (C=O) groups is 1. The van der Waals surface area contributed by atoms with Gasteiger partial charge in [0.25, 0.3) is 0 Å². The van der Waals surface area contributed by atoms with E-state index in [0.717, 1.165) is 17.7 Å². The highest BCUT2D eigenvalue weighted by molar-refractivity contribution is 5.91. The quantitative estimate of drug-likeness (QED) is 0.505. The maximum atomic E-state index is 14.0. The minimum Gasteiger partial charge on any atom is -0.489 e. The smallest absolute Gasteiger partial charge is 0.338 e. The van der Waals surface area contributed by atoms with Crippen LogP contribution in [0.4, 0.5) is 10.1 Å². The zero-order valence-electron chi connectivity index (χ0n) is 14.0. The zero-order valence-corrected chi connectivity index (χ0v) is 14.0. The fraction of sp³-hybridized carbons (Fsp3) is 0.0500. The van der Waals surface area contributed by atoms with Crippen LogP contribution in [-0.4, -0.2) is 16.0 Å². The number of halogens is 1. The summed E-state index contributed by atoms with van der Waals surface area (Å²) < 4.78 is 19.6. The van der Waals surface area contributed by atoms with Gasteiger partial charge >= 0.3 is 11.7 Å². The lowest BCUT2D eigenvalue weighted by molar-refractivity contribution is -0.387. The molecule has 0 aliphatic rings. The van der Waals surface area contributed by atoms with Crippen LogP contribution in [0.1, 0.15) is 15.9 Å². The van der Waals surface area contributed by atoms with Gasteiger partial charge in [-0.25, -0.2) is 4.79 Å². The highest BCUT2D eigenvalue weighted by Gasteiger charge is 2.24. The molecule has 0 aliphatic carbocycles. The highest BCUT2D eigenvalue weighted by Crippen LogP contribution is 2.30. The number of aromatic carboxylic acids is 1. The van der Waals surface area contributed by atoms with Crippen LogP contribution in [0.5, 0.6) is 5.75 Å². The Morgan fingerprint density at radius 3 is 2.30 bits per heavy atom. The van der Waals surface area contributed by atoms with Gasteiger partial charge in [-0.2, -0.15) is 4.39 Å². The van der Waals surface area contributed by atoms with Gasteiger partial charge in [0.05, 0.1) is 4.92 Å². The summed E-state index contributed by atoms with van der Waals surface area (Å²) in [6, 6.07) is 18.2. The van der Waals surface area contributed by atoms with Crippen LogP contribution in [0.15, 0.2) is 66.7 Å². The zero-order chi connectivity index (χ0) is 19.4. The molecule has 3 aromatic rings. The molecule has 3 rings (SSSR count). The molecule has 0 fully saturated rings. The molecule has 0 bridgehead atoms. The van der Waals surface area contributed by atoms with Crippen molar-refractivity contribution in [1.82, 2.24) is 0 Å². The van der Waals surface area contributed by atoms with E-state index in [1.54, 1.807) is 24.3 Å². The fourth-order valence-corrected chi connectivity index (χ4v) is 2.55. The average Bonchev–Trinajstić information content (AvgIpc) is 2.67. The first-order chi connectivity index (χ1) is 13.0. The van der Waals surface area contributed by atoms with Crippen LogP contribution in [0.2, 0.25) is 0 Å². The van der Waals surface area contributed by atoms with E-state index in [-0.39, 0.29) is 5.56 Å². The molecule has 0 radical (unpaired) electrons. The summed E-state index contributed by atoms with van der Waals surface area (Å²) in [7, 11) is 0. The molecule has 0 spiro atoms. The molecule has 1 N–H and O–H groups in total.